The second kappa shape index (κ2) is 8.95. The zero-order valence-electron chi connectivity index (χ0n) is 24.9. The van der Waals surface area contributed by atoms with E-state index in [1.165, 1.54) is 6.92 Å². The quantitative estimate of drug-likeness (QED) is 0.678. The Kier molecular flexibility index (Phi) is 3.58. The molecule has 1 atom stereocenters. The number of hydrogen-bond acceptors (Lipinski definition) is 3. The normalized spacial score (nSPS) is 31.4. The van der Waals surface area contributed by atoms with Gasteiger partial charge in [-0.25, -0.2) is 18.7 Å². The lowest BCUT2D eigenvalue weighted by Gasteiger charge is -2.36. The molecule has 0 saturated carbocycles. The second-order valence-electron chi connectivity index (χ2n) is 5.96. The Morgan fingerprint density at radius 3 is 2.82 bits per heavy atom. The molecule has 0 bridgehead atoms. The van der Waals surface area contributed by atoms with Crippen molar-refractivity contribution in [1.82, 2.24) is 14.9 Å². The summed E-state index contributed by atoms with van der Waals surface area (Å²) in [6.45, 7) is -3.40. The molecule has 2 aromatic rings. The van der Waals surface area contributed by atoms with Crippen LogP contribution in [0.2, 0.25) is 5.02 Å². The molecular formula is C21H24ClF2N3O. The number of benzene rings is 1. The minimum Gasteiger partial charge on any atom is -0.338 e. The Morgan fingerprint density at radius 1 is 1.39 bits per heavy atom. The highest BCUT2D eigenvalue weighted by molar-refractivity contribution is 6.31. The van der Waals surface area contributed by atoms with Gasteiger partial charge in [-0.05, 0) is 55.7 Å². The first-order valence-corrected chi connectivity index (χ1v) is 8.75. The molecule has 1 aliphatic heterocycles. The molecule has 0 radical (unpaired) electrons. The number of rotatable bonds is 6. The van der Waals surface area contributed by atoms with E-state index < -0.39 is 79.6 Å². The fourth-order valence-electron chi connectivity index (χ4n) is 2.40. The zero-order valence-corrected chi connectivity index (χ0v) is 15.6. The number of carbonyl (C=O) groups is 1. The number of piperidine rings is 1. The number of alkyl halides is 1. The van der Waals surface area contributed by atoms with Gasteiger partial charge >= 0.3 is 0 Å². The average Bonchev–Trinajstić information content (AvgIpc) is 2.80. The summed E-state index contributed by atoms with van der Waals surface area (Å²) in [4.78, 5) is 20.8. The Bertz CT molecular complexity index is 1230. The van der Waals surface area contributed by atoms with Crippen LogP contribution in [0.25, 0.3) is 0 Å². The van der Waals surface area contributed by atoms with E-state index in [9.17, 15) is 9.18 Å². The van der Waals surface area contributed by atoms with E-state index in [4.69, 9.17) is 25.3 Å². The molecule has 0 spiro atoms. The maximum Gasteiger partial charge on any atom is 0.253 e. The van der Waals surface area contributed by atoms with Crippen molar-refractivity contribution in [1.29, 1.82) is 0 Å². The molecule has 4 nitrogen and oxygen atoms in total. The van der Waals surface area contributed by atoms with Crippen molar-refractivity contribution < 1.29 is 27.3 Å². The van der Waals surface area contributed by atoms with Gasteiger partial charge in [0, 0.05) is 51.1 Å². The first-order valence-electron chi connectivity index (χ1n) is 13.4. The number of aryl methyl sites for hydroxylation is 2. The van der Waals surface area contributed by atoms with Crippen molar-refractivity contribution in [2.75, 3.05) is 13.0 Å². The highest BCUT2D eigenvalue weighted by Crippen LogP contribution is 2.32. The lowest BCUT2D eigenvalue weighted by molar-refractivity contribution is 0.0389. The van der Waals surface area contributed by atoms with Gasteiger partial charge in [0.2, 0.25) is 0 Å². The molecule has 28 heavy (non-hydrogen) atoms. The predicted molar refractivity (Wildman–Crippen MR) is 105 cm³/mol. The molecule has 1 aromatic carbocycles. The van der Waals surface area contributed by atoms with Crippen LogP contribution in [0.3, 0.4) is 0 Å². The molecule has 1 amide bonds. The number of aromatic nitrogens is 2. The number of carbonyl (C=O) groups excluding carboxylic acids is 1. The van der Waals surface area contributed by atoms with Crippen molar-refractivity contribution in [3.05, 3.63) is 58.4 Å². The van der Waals surface area contributed by atoms with Crippen molar-refractivity contribution in [3.8, 4) is 0 Å². The maximum absolute atomic E-state index is 16.4. The molecule has 0 N–H and O–H groups in total. The fraction of sp³-hybridized carbons (Fsp3) is 0.476. The van der Waals surface area contributed by atoms with Crippen molar-refractivity contribution in [2.45, 2.75) is 50.9 Å². The molecule has 1 saturated heterocycles. The monoisotopic (exact) mass is 417 g/mol. The van der Waals surface area contributed by atoms with Crippen molar-refractivity contribution in [2.24, 2.45) is 0 Å². The molecule has 1 fully saturated rings. The van der Waals surface area contributed by atoms with E-state index in [0.717, 1.165) is 30.6 Å². The molecule has 2 heterocycles. The van der Waals surface area contributed by atoms with Gasteiger partial charge in [0.1, 0.15) is 17.3 Å². The Labute approximate surface area is 183 Å². The van der Waals surface area contributed by atoms with Gasteiger partial charge < -0.3 is 4.90 Å². The lowest BCUT2D eigenvalue weighted by atomic mass is 9.88. The molecule has 7 heteroatoms. The Hall–Kier alpha value is -2.08. The van der Waals surface area contributed by atoms with Crippen LogP contribution in [0, 0.1) is 5.82 Å². The summed E-state index contributed by atoms with van der Waals surface area (Å²) < 4.78 is 112. The van der Waals surface area contributed by atoms with Gasteiger partial charge in [-0.3, -0.25) is 4.79 Å². The topological polar surface area (TPSA) is 46.1 Å². The van der Waals surface area contributed by atoms with Crippen LogP contribution in [-0.2, 0) is 12.7 Å². The summed E-state index contributed by atoms with van der Waals surface area (Å²) in [7, 11) is 0. The minimum atomic E-state index is -3.68. The highest BCUT2D eigenvalue weighted by atomic mass is 35.5. The summed E-state index contributed by atoms with van der Waals surface area (Å²) >= 11 is 5.68. The zero-order chi connectivity index (χ0) is 29.1. The van der Waals surface area contributed by atoms with Crippen LogP contribution in [0.1, 0.15) is 68.0 Å². The third-order valence-electron chi connectivity index (χ3n) is 4.01. The number of nitrogens with zero attached hydrogens (tertiary/aromatic N) is 3. The first kappa shape index (κ1) is 11.2. The third kappa shape index (κ3) is 5.04. The van der Waals surface area contributed by atoms with Crippen LogP contribution in [0.4, 0.5) is 8.78 Å². The van der Waals surface area contributed by atoms with Gasteiger partial charge in [0.05, 0.1) is 5.02 Å². The number of likely N-dealkylation sites (tertiary alicyclic amines) is 1. The van der Waals surface area contributed by atoms with E-state index in [0.29, 0.717) is 0 Å². The highest BCUT2D eigenvalue weighted by Gasteiger charge is 2.35. The molecule has 3 rings (SSSR count). The van der Waals surface area contributed by atoms with Gasteiger partial charge in [-0.15, -0.1) is 0 Å². The Morgan fingerprint density at radius 2 is 2.14 bits per heavy atom. The molecule has 1 unspecified atom stereocenters. The summed E-state index contributed by atoms with van der Waals surface area (Å²) in [5.74, 6) is -2.59. The van der Waals surface area contributed by atoms with Crippen LogP contribution in [0.15, 0.2) is 30.6 Å². The molecule has 1 aliphatic rings. The van der Waals surface area contributed by atoms with Gasteiger partial charge in [0.15, 0.2) is 0 Å². The number of halogens is 3. The van der Waals surface area contributed by atoms with Gasteiger partial charge in [0.25, 0.3) is 5.91 Å². The van der Waals surface area contributed by atoms with Gasteiger partial charge in [-0.2, -0.15) is 0 Å². The largest absolute Gasteiger partial charge is 0.338 e. The molecule has 0 aliphatic carbocycles. The van der Waals surface area contributed by atoms with E-state index in [2.05, 4.69) is 9.97 Å². The number of hydrogen-bond donors (Lipinski definition) is 0. The van der Waals surface area contributed by atoms with Gasteiger partial charge in [-0.1, -0.05) is 18.5 Å². The SMILES string of the molecule is [2H]C([2H])(C)c1cnc(C([2H])([2H])CCC2(F)C([2H])([2H])CN(C(=O)c3ccc(F)c(Cl)c3)C([2H])([2H])C2([2H])[2H])nc1. The maximum atomic E-state index is 16.4. The average molecular weight is 418 g/mol. The Balaban J connectivity index is 1.92. The van der Waals surface area contributed by atoms with E-state index in [-0.39, 0.29) is 16.0 Å². The molecule has 150 valence electrons. The predicted octanol–water partition coefficient (Wildman–Crippen LogP) is 4.80. The van der Waals surface area contributed by atoms with Crippen LogP contribution in [-0.4, -0.2) is 39.5 Å². The van der Waals surface area contributed by atoms with Crippen molar-refractivity contribution >= 4 is 17.5 Å². The van der Waals surface area contributed by atoms with E-state index in [1.54, 1.807) is 0 Å². The van der Waals surface area contributed by atoms with E-state index >= 15 is 4.39 Å². The third-order valence-corrected chi connectivity index (χ3v) is 4.30. The summed E-state index contributed by atoms with van der Waals surface area (Å²) in [5.41, 5.74) is -3.93. The van der Waals surface area contributed by atoms with Crippen LogP contribution >= 0.6 is 11.6 Å². The molecule has 1 aromatic heterocycles. The second-order valence-corrected chi connectivity index (χ2v) is 6.36. The van der Waals surface area contributed by atoms with Crippen molar-refractivity contribution in [3.63, 3.8) is 0 Å². The smallest absolute Gasteiger partial charge is 0.253 e. The standard InChI is InChI=1S/C21H24ClF2N3O/c1-2-15-13-25-19(26-14-15)4-3-7-21(24)8-10-27(11-9-21)20(28)16-5-6-18(23)17(22)12-16/h5-6,12-14H,2-4,7-11H2,1H3/i2D2,4D2,8D2,9D2,10D2. The first-order chi connectivity index (χ1) is 17.1. The van der Waals surface area contributed by atoms with Crippen LogP contribution < -0.4 is 0 Å². The lowest BCUT2D eigenvalue weighted by Crippen LogP contribution is -2.44. The molecular weight excluding hydrogens is 384 g/mol. The number of amides is 1. The minimum absolute atomic E-state index is 0.0550. The fourth-order valence-corrected chi connectivity index (χ4v) is 2.58. The summed E-state index contributed by atoms with van der Waals surface area (Å²) in [6.07, 6.45) is -11.1. The van der Waals surface area contributed by atoms with E-state index in [1.807, 2.05) is 0 Å². The van der Waals surface area contributed by atoms with Crippen LogP contribution in [0.5, 0.6) is 0 Å². The summed E-state index contributed by atoms with van der Waals surface area (Å²) in [6, 6.07) is 2.64. The summed E-state index contributed by atoms with van der Waals surface area (Å²) in [5, 5.41) is -0.480.